The van der Waals surface area contributed by atoms with Crippen LogP contribution >= 0.6 is 46.4 Å². The molecule has 0 aliphatic rings. The molecule has 12 heteroatoms. The van der Waals surface area contributed by atoms with Crippen molar-refractivity contribution >= 4 is 73.9 Å². The molecule has 0 heterocycles. The third-order valence-corrected chi connectivity index (χ3v) is 10.3. The maximum absolute atomic E-state index is 14.6. The van der Waals surface area contributed by atoms with Crippen LogP contribution in [-0.2, 0) is 32.6 Å². The van der Waals surface area contributed by atoms with E-state index < -0.39 is 34.4 Å². The monoisotopic (exact) mass is 733 g/mol. The van der Waals surface area contributed by atoms with Crippen molar-refractivity contribution < 1.29 is 18.0 Å². The van der Waals surface area contributed by atoms with Gasteiger partial charge in [0.25, 0.3) is 10.0 Å². The number of carbonyl (C=O) groups is 2. The Morgan fingerprint density at radius 2 is 1.45 bits per heavy atom. The number of amides is 2. The maximum Gasteiger partial charge on any atom is 0.264 e. The fourth-order valence-corrected chi connectivity index (χ4v) is 7.17. The Hall–Kier alpha value is -3.27. The summed E-state index contributed by atoms with van der Waals surface area (Å²) in [6.45, 7) is 5.34. The third-order valence-electron chi connectivity index (χ3n) is 7.38. The summed E-state index contributed by atoms with van der Waals surface area (Å²) in [6.07, 6.45) is 0.157. The first-order chi connectivity index (χ1) is 22.3. The van der Waals surface area contributed by atoms with Gasteiger partial charge in [-0.1, -0.05) is 114 Å². The molecule has 0 saturated heterocycles. The molecule has 248 valence electrons. The Bertz CT molecular complexity index is 1820. The van der Waals surface area contributed by atoms with E-state index in [1.807, 2.05) is 51.1 Å². The highest BCUT2D eigenvalue weighted by atomic mass is 35.5. The molecule has 0 saturated carbocycles. The number of sulfonamides is 1. The average molecular weight is 736 g/mol. The standard InChI is InChI=1S/C35H35Cl4N3O4S/c1-23(2)20-40-35(44)33(17-25-7-5-4-6-8-25)41(21-26-11-12-27(36)18-31(26)39)34(43)22-42(32-19-28(37)13-16-30(32)38)47(45,46)29-14-9-24(3)10-15-29/h4-16,18-19,23,33H,17,20-22H2,1-3H3,(H,40,44)/t33-/m1/s1. The Morgan fingerprint density at radius 1 is 0.809 bits per heavy atom. The number of hydrogen-bond donors (Lipinski definition) is 1. The van der Waals surface area contributed by atoms with Crippen LogP contribution < -0.4 is 9.62 Å². The molecule has 0 bridgehead atoms. The molecule has 4 aromatic rings. The summed E-state index contributed by atoms with van der Waals surface area (Å²) in [5.41, 5.74) is 2.20. The largest absolute Gasteiger partial charge is 0.354 e. The number of rotatable bonds is 13. The minimum absolute atomic E-state index is 0.0152. The lowest BCUT2D eigenvalue weighted by Gasteiger charge is -2.34. The third kappa shape index (κ3) is 9.64. The minimum atomic E-state index is -4.35. The summed E-state index contributed by atoms with van der Waals surface area (Å²) in [7, 11) is -4.35. The van der Waals surface area contributed by atoms with E-state index in [-0.39, 0.29) is 39.5 Å². The van der Waals surface area contributed by atoms with Crippen molar-refractivity contribution in [3.8, 4) is 0 Å². The van der Waals surface area contributed by atoms with Crippen LogP contribution in [0.25, 0.3) is 0 Å². The maximum atomic E-state index is 14.6. The van der Waals surface area contributed by atoms with Gasteiger partial charge in [0, 0.05) is 34.6 Å². The second-order valence-electron chi connectivity index (χ2n) is 11.5. The predicted molar refractivity (Wildman–Crippen MR) is 191 cm³/mol. The van der Waals surface area contributed by atoms with Crippen molar-refractivity contribution in [2.75, 3.05) is 17.4 Å². The molecule has 4 aromatic carbocycles. The SMILES string of the molecule is Cc1ccc(S(=O)(=O)N(CC(=O)N(Cc2ccc(Cl)cc2Cl)[C@H](Cc2ccccc2)C(=O)NCC(C)C)c2cc(Cl)ccc2Cl)cc1. The molecular weight excluding hydrogens is 700 g/mol. The number of anilines is 1. The number of nitrogens with one attached hydrogen (secondary N) is 1. The summed E-state index contributed by atoms with van der Waals surface area (Å²) < 4.78 is 29.4. The molecule has 47 heavy (non-hydrogen) atoms. The van der Waals surface area contributed by atoms with Gasteiger partial charge in [-0.25, -0.2) is 8.42 Å². The molecule has 7 nitrogen and oxygen atoms in total. The molecule has 2 amide bonds. The zero-order valence-electron chi connectivity index (χ0n) is 26.1. The lowest BCUT2D eigenvalue weighted by molar-refractivity contribution is -0.140. The van der Waals surface area contributed by atoms with E-state index >= 15 is 0 Å². The fraction of sp³-hybridized carbons (Fsp3) is 0.257. The van der Waals surface area contributed by atoms with Gasteiger partial charge in [0.2, 0.25) is 11.8 Å². The van der Waals surface area contributed by atoms with E-state index in [1.54, 1.807) is 30.3 Å². The van der Waals surface area contributed by atoms with Gasteiger partial charge < -0.3 is 10.2 Å². The number of carbonyl (C=O) groups excluding carboxylic acids is 2. The van der Waals surface area contributed by atoms with E-state index in [4.69, 9.17) is 46.4 Å². The summed E-state index contributed by atoms with van der Waals surface area (Å²) >= 11 is 25.6. The highest BCUT2D eigenvalue weighted by Gasteiger charge is 2.35. The van der Waals surface area contributed by atoms with Crippen molar-refractivity contribution in [3.05, 3.63) is 128 Å². The lowest BCUT2D eigenvalue weighted by atomic mass is 10.0. The first-order valence-electron chi connectivity index (χ1n) is 14.9. The molecule has 0 aliphatic carbocycles. The number of hydrogen-bond acceptors (Lipinski definition) is 4. The van der Waals surface area contributed by atoms with Gasteiger partial charge >= 0.3 is 0 Å². The van der Waals surface area contributed by atoms with Crippen LogP contribution in [0, 0.1) is 12.8 Å². The molecular formula is C35H35Cl4N3O4S. The molecule has 0 fully saturated rings. The van der Waals surface area contributed by atoms with Crippen LogP contribution in [0.15, 0.2) is 95.9 Å². The van der Waals surface area contributed by atoms with Gasteiger partial charge in [0.15, 0.2) is 0 Å². The Kier molecular flexibility index (Phi) is 12.6. The number of halogens is 4. The molecule has 4 rings (SSSR count). The Morgan fingerprint density at radius 3 is 2.09 bits per heavy atom. The van der Waals surface area contributed by atoms with Crippen LogP contribution in [0.2, 0.25) is 20.1 Å². The first kappa shape index (κ1) is 36.6. The van der Waals surface area contributed by atoms with Crippen LogP contribution in [0.3, 0.4) is 0 Å². The number of aryl methyl sites for hydroxylation is 1. The van der Waals surface area contributed by atoms with Crippen molar-refractivity contribution in [1.82, 2.24) is 10.2 Å². The quantitative estimate of drug-likeness (QED) is 0.150. The molecule has 0 unspecified atom stereocenters. The van der Waals surface area contributed by atoms with Gasteiger partial charge in [-0.15, -0.1) is 0 Å². The smallest absolute Gasteiger partial charge is 0.264 e. The molecule has 0 radical (unpaired) electrons. The highest BCUT2D eigenvalue weighted by molar-refractivity contribution is 7.92. The fourth-order valence-electron chi connectivity index (χ4n) is 4.84. The molecule has 1 N–H and O–H groups in total. The van der Waals surface area contributed by atoms with Crippen LogP contribution in [0.5, 0.6) is 0 Å². The van der Waals surface area contributed by atoms with Gasteiger partial charge in [-0.2, -0.15) is 0 Å². The minimum Gasteiger partial charge on any atom is -0.354 e. The first-order valence-corrected chi connectivity index (χ1v) is 17.8. The predicted octanol–water partition coefficient (Wildman–Crippen LogP) is 8.22. The number of benzene rings is 4. The zero-order chi connectivity index (χ0) is 34.3. The zero-order valence-corrected chi connectivity index (χ0v) is 29.9. The van der Waals surface area contributed by atoms with E-state index in [0.29, 0.717) is 22.2 Å². The lowest BCUT2D eigenvalue weighted by Crippen LogP contribution is -2.53. The van der Waals surface area contributed by atoms with E-state index in [2.05, 4.69) is 5.32 Å². The average Bonchev–Trinajstić information content (AvgIpc) is 3.03. The molecule has 0 spiro atoms. The number of nitrogens with zero attached hydrogens (tertiary/aromatic N) is 2. The van der Waals surface area contributed by atoms with E-state index in [0.717, 1.165) is 15.4 Å². The van der Waals surface area contributed by atoms with Crippen LogP contribution in [0.1, 0.15) is 30.5 Å². The van der Waals surface area contributed by atoms with Crippen molar-refractivity contribution in [2.24, 2.45) is 5.92 Å². The highest BCUT2D eigenvalue weighted by Crippen LogP contribution is 2.34. The summed E-state index contributed by atoms with van der Waals surface area (Å²) in [5.74, 6) is -0.913. The van der Waals surface area contributed by atoms with Gasteiger partial charge in [0.1, 0.15) is 12.6 Å². The second-order valence-corrected chi connectivity index (χ2v) is 15.1. The summed E-state index contributed by atoms with van der Waals surface area (Å²) in [4.78, 5) is 29.8. The summed E-state index contributed by atoms with van der Waals surface area (Å²) in [5, 5.41) is 3.94. The van der Waals surface area contributed by atoms with Crippen molar-refractivity contribution in [1.29, 1.82) is 0 Å². The van der Waals surface area contributed by atoms with Gasteiger partial charge in [-0.05, 0) is 66.4 Å². The van der Waals surface area contributed by atoms with Crippen molar-refractivity contribution in [2.45, 2.75) is 44.7 Å². The molecule has 0 aliphatic heterocycles. The second kappa shape index (κ2) is 16.2. The van der Waals surface area contributed by atoms with Gasteiger partial charge in [0.05, 0.1) is 15.6 Å². The Balaban J connectivity index is 1.85. The molecule has 1 atom stereocenters. The van der Waals surface area contributed by atoms with E-state index in [1.165, 1.54) is 35.2 Å². The Labute approximate surface area is 296 Å². The van der Waals surface area contributed by atoms with Crippen LogP contribution in [-0.4, -0.2) is 44.3 Å². The van der Waals surface area contributed by atoms with Crippen LogP contribution in [0.4, 0.5) is 5.69 Å². The summed E-state index contributed by atoms with van der Waals surface area (Å²) in [6, 6.07) is 23.7. The van der Waals surface area contributed by atoms with Crippen molar-refractivity contribution in [3.63, 3.8) is 0 Å². The normalized spacial score (nSPS) is 12.1. The van der Waals surface area contributed by atoms with Gasteiger partial charge in [-0.3, -0.25) is 13.9 Å². The molecule has 0 aromatic heterocycles. The van der Waals surface area contributed by atoms with E-state index in [9.17, 15) is 18.0 Å². The topological polar surface area (TPSA) is 86.8 Å².